The number of hydrogen-bond acceptors (Lipinski definition) is 6. The molecule has 1 heterocycles. The summed E-state index contributed by atoms with van der Waals surface area (Å²) in [5.41, 5.74) is -2.10. The van der Waals surface area contributed by atoms with Gasteiger partial charge in [0.2, 0.25) is 0 Å². The van der Waals surface area contributed by atoms with E-state index in [0.717, 1.165) is 10.8 Å². The number of alkyl carbamates (subject to hydrolysis) is 1. The Morgan fingerprint density at radius 1 is 1.32 bits per heavy atom. The van der Waals surface area contributed by atoms with Gasteiger partial charge in [-0.25, -0.2) is 14.4 Å². The van der Waals surface area contributed by atoms with Crippen molar-refractivity contribution in [3.63, 3.8) is 0 Å². The summed E-state index contributed by atoms with van der Waals surface area (Å²) in [4.78, 5) is 52.6. The van der Waals surface area contributed by atoms with Crippen molar-refractivity contribution in [3.05, 3.63) is 31.5 Å². The number of nitrogens with one attached hydrogen (secondary N) is 1. The Balaban J connectivity index is 3.03. The monoisotopic (exact) mass is 419 g/mol. The fourth-order valence-corrected chi connectivity index (χ4v) is 2.16. The molecule has 1 atom stereocenters. The van der Waals surface area contributed by atoms with Crippen molar-refractivity contribution in [1.82, 2.24) is 14.6 Å². The highest BCUT2D eigenvalue weighted by Crippen LogP contribution is 2.07. The Kier molecular flexibility index (Phi) is 6.97. The van der Waals surface area contributed by atoms with Crippen LogP contribution in [0, 0.1) is 0 Å². The molecule has 0 aliphatic carbocycles. The van der Waals surface area contributed by atoms with E-state index in [1.54, 1.807) is 34.6 Å². The molecule has 0 unspecified atom stereocenters. The second-order valence-electron chi connectivity index (χ2n) is 6.31. The molecule has 0 bridgehead atoms. The molecule has 0 radical (unpaired) electrons. The van der Waals surface area contributed by atoms with Crippen molar-refractivity contribution in [1.29, 1.82) is 0 Å². The lowest BCUT2D eigenvalue weighted by Gasteiger charge is -2.21. The van der Waals surface area contributed by atoms with Gasteiger partial charge in [-0.3, -0.25) is 9.36 Å². The molecule has 0 spiro atoms. The lowest BCUT2D eigenvalue weighted by atomic mass is 10.2. The van der Waals surface area contributed by atoms with E-state index < -0.39 is 35.0 Å². The number of carbonyl (C=O) groups is 2. The number of halogens is 1. The highest BCUT2D eigenvalue weighted by atomic mass is 79.9. The van der Waals surface area contributed by atoms with Gasteiger partial charge in [0.25, 0.3) is 5.56 Å². The van der Waals surface area contributed by atoms with E-state index in [1.165, 1.54) is 0 Å². The molecule has 25 heavy (non-hydrogen) atoms. The Morgan fingerprint density at radius 2 is 1.92 bits per heavy atom. The lowest BCUT2D eigenvalue weighted by molar-refractivity contribution is -0.144. The van der Waals surface area contributed by atoms with E-state index in [9.17, 15) is 19.2 Å². The van der Waals surface area contributed by atoms with Gasteiger partial charge in [0.15, 0.2) is 0 Å². The van der Waals surface area contributed by atoms with E-state index in [-0.39, 0.29) is 17.4 Å². The van der Waals surface area contributed by atoms with Crippen LogP contribution in [0.15, 0.2) is 20.3 Å². The largest absolute Gasteiger partial charge is 0.444 e. The third-order valence-corrected chi connectivity index (χ3v) is 3.46. The summed E-state index contributed by atoms with van der Waals surface area (Å²) in [6.07, 6.45) is 0.488. The van der Waals surface area contributed by atoms with Crippen LogP contribution in [-0.2, 0) is 9.53 Å². The SMILES string of the molecule is CCC(=O)On1cc(Br)c(=O)n([C@@H](C)CNC(=O)OC(C)(C)C)c1=O. The number of carbonyl (C=O) groups excluding carboxylic acids is 2. The Labute approximate surface area is 153 Å². The molecule has 1 aromatic heterocycles. The third-order valence-electron chi connectivity index (χ3n) is 2.92. The van der Waals surface area contributed by atoms with Gasteiger partial charge in [0.1, 0.15) is 10.1 Å². The van der Waals surface area contributed by atoms with Crippen LogP contribution in [0.5, 0.6) is 0 Å². The van der Waals surface area contributed by atoms with E-state index >= 15 is 0 Å². The van der Waals surface area contributed by atoms with Crippen molar-refractivity contribution < 1.29 is 19.2 Å². The third kappa shape index (κ3) is 6.04. The molecule has 1 rings (SSSR count). The van der Waals surface area contributed by atoms with Crippen LogP contribution < -0.4 is 21.4 Å². The maximum atomic E-state index is 12.4. The van der Waals surface area contributed by atoms with Gasteiger partial charge in [0.05, 0.1) is 12.2 Å². The normalized spacial score (nSPS) is 12.4. The Bertz CT molecular complexity index is 762. The van der Waals surface area contributed by atoms with E-state index in [2.05, 4.69) is 21.2 Å². The van der Waals surface area contributed by atoms with Crippen LogP contribution in [0.3, 0.4) is 0 Å². The molecule has 0 aromatic carbocycles. The first-order valence-corrected chi connectivity index (χ1v) is 8.47. The van der Waals surface area contributed by atoms with Gasteiger partial charge >= 0.3 is 17.8 Å². The zero-order valence-electron chi connectivity index (χ0n) is 14.8. The number of rotatable bonds is 5. The number of hydrogen-bond donors (Lipinski definition) is 1. The van der Waals surface area contributed by atoms with Crippen molar-refractivity contribution in [2.45, 2.75) is 52.7 Å². The summed E-state index contributed by atoms with van der Waals surface area (Å²) >= 11 is 3.03. The number of nitrogens with zero attached hydrogens (tertiary/aromatic N) is 2. The smallest absolute Gasteiger partial charge is 0.407 e. The number of aromatic nitrogens is 2. The first kappa shape index (κ1) is 20.9. The van der Waals surface area contributed by atoms with Crippen molar-refractivity contribution in [2.75, 3.05) is 6.54 Å². The van der Waals surface area contributed by atoms with E-state index in [4.69, 9.17) is 9.57 Å². The minimum atomic E-state index is -0.825. The fraction of sp³-hybridized carbons (Fsp3) is 0.600. The minimum absolute atomic E-state index is 0.0256. The van der Waals surface area contributed by atoms with Crippen LogP contribution >= 0.6 is 15.9 Å². The molecule has 0 saturated heterocycles. The van der Waals surface area contributed by atoms with Crippen LogP contribution in [0.25, 0.3) is 0 Å². The summed E-state index contributed by atoms with van der Waals surface area (Å²) in [6, 6.07) is -0.698. The summed E-state index contributed by atoms with van der Waals surface area (Å²) in [7, 11) is 0. The summed E-state index contributed by atoms with van der Waals surface area (Å²) in [6.45, 7) is 8.27. The molecule has 0 fully saturated rings. The van der Waals surface area contributed by atoms with E-state index in [0.29, 0.717) is 4.73 Å². The van der Waals surface area contributed by atoms with Crippen LogP contribution in [0.1, 0.15) is 47.1 Å². The number of amides is 1. The molecule has 0 aliphatic heterocycles. The summed E-state index contributed by atoms with van der Waals surface area (Å²) in [5, 5.41) is 2.49. The predicted octanol–water partition coefficient (Wildman–Crippen LogP) is 1.22. The molecule has 1 N–H and O–H groups in total. The zero-order valence-corrected chi connectivity index (χ0v) is 16.4. The summed E-state index contributed by atoms with van der Waals surface area (Å²) < 4.78 is 6.70. The van der Waals surface area contributed by atoms with Crippen LogP contribution in [0.2, 0.25) is 0 Å². The van der Waals surface area contributed by atoms with Crippen molar-refractivity contribution in [2.24, 2.45) is 0 Å². The second-order valence-corrected chi connectivity index (χ2v) is 7.16. The van der Waals surface area contributed by atoms with Crippen molar-refractivity contribution >= 4 is 28.0 Å². The van der Waals surface area contributed by atoms with Gasteiger partial charge in [-0.2, -0.15) is 0 Å². The Hall–Kier alpha value is -2.10. The quantitative estimate of drug-likeness (QED) is 0.768. The van der Waals surface area contributed by atoms with Gasteiger partial charge in [0, 0.05) is 13.0 Å². The van der Waals surface area contributed by atoms with Crippen molar-refractivity contribution in [3.8, 4) is 0 Å². The highest BCUT2D eigenvalue weighted by Gasteiger charge is 2.20. The maximum Gasteiger partial charge on any atom is 0.407 e. The molecule has 10 heteroatoms. The highest BCUT2D eigenvalue weighted by molar-refractivity contribution is 9.10. The first-order valence-electron chi connectivity index (χ1n) is 7.68. The maximum absolute atomic E-state index is 12.4. The van der Waals surface area contributed by atoms with Gasteiger partial charge < -0.3 is 14.9 Å². The standard InChI is InChI=1S/C15H22BrN3O6/c1-6-11(20)25-18-8-10(16)12(21)19(14(18)23)9(2)7-17-13(22)24-15(3,4)5/h8-9H,6-7H2,1-5H3,(H,17,22)/t9-/m0/s1. The molecule has 1 aromatic rings. The lowest BCUT2D eigenvalue weighted by Crippen LogP contribution is -2.47. The topological polar surface area (TPSA) is 109 Å². The number of ether oxygens (including phenoxy) is 1. The van der Waals surface area contributed by atoms with Crippen LogP contribution in [0.4, 0.5) is 4.79 Å². The minimum Gasteiger partial charge on any atom is -0.444 e. The average molecular weight is 420 g/mol. The zero-order chi connectivity index (χ0) is 19.4. The first-order chi connectivity index (χ1) is 11.5. The van der Waals surface area contributed by atoms with Crippen LogP contribution in [-0.4, -0.2) is 33.5 Å². The Morgan fingerprint density at radius 3 is 2.44 bits per heavy atom. The van der Waals surface area contributed by atoms with Gasteiger partial charge in [-0.15, -0.1) is 4.73 Å². The average Bonchev–Trinajstić information content (AvgIpc) is 2.49. The van der Waals surface area contributed by atoms with Gasteiger partial charge in [-0.1, -0.05) is 6.92 Å². The predicted molar refractivity (Wildman–Crippen MR) is 93.5 cm³/mol. The van der Waals surface area contributed by atoms with Gasteiger partial charge in [-0.05, 0) is 43.6 Å². The summed E-state index contributed by atoms with van der Waals surface area (Å²) in [5.74, 6) is -0.626. The molecule has 1 amide bonds. The van der Waals surface area contributed by atoms with E-state index in [1.807, 2.05) is 0 Å². The second kappa shape index (κ2) is 8.32. The molecule has 140 valence electrons. The molecular formula is C15H22BrN3O6. The molecule has 0 saturated carbocycles. The molecule has 0 aliphatic rings. The fourth-order valence-electron chi connectivity index (χ4n) is 1.79. The molecule has 9 nitrogen and oxygen atoms in total. The molecular weight excluding hydrogens is 398 g/mol.